The summed E-state index contributed by atoms with van der Waals surface area (Å²) in [4.78, 5) is 13.5. The van der Waals surface area contributed by atoms with Crippen molar-refractivity contribution in [2.24, 2.45) is 0 Å². The van der Waals surface area contributed by atoms with Crippen molar-refractivity contribution in [2.75, 3.05) is 26.4 Å². The predicted octanol–water partition coefficient (Wildman–Crippen LogP) is 0.377. The average molecular weight is 228 g/mol. The molecule has 0 spiro atoms. The van der Waals surface area contributed by atoms with Crippen LogP contribution in [0.3, 0.4) is 0 Å². The zero-order valence-corrected chi connectivity index (χ0v) is 8.54. The van der Waals surface area contributed by atoms with Gasteiger partial charge in [-0.05, 0) is 22.0 Å². The van der Waals surface area contributed by atoms with E-state index in [4.69, 9.17) is 14.6 Å². The summed E-state index contributed by atoms with van der Waals surface area (Å²) in [5.41, 5.74) is 0. The maximum atomic E-state index is 10.6. The summed E-state index contributed by atoms with van der Waals surface area (Å²) < 4.78 is 10.1. The Morgan fingerprint density at radius 3 is 2.94 bits per heavy atom. The Labute approximate surface area is 91.8 Å². The summed E-state index contributed by atoms with van der Waals surface area (Å²) in [7, 11) is 0. The van der Waals surface area contributed by atoms with Crippen molar-refractivity contribution in [1.29, 1.82) is 0 Å². The molecule has 0 aromatic carbocycles. The lowest BCUT2D eigenvalue weighted by Gasteiger charge is -2.05. The standard InChI is InChI=1S/C9H12N2O5/c12-4-5-15-6-7-16-8-2-1-3-10-9(8)11(13)14/h1-3,12H,4-7H2. The smallest absolute Gasteiger partial charge is 0.406 e. The zero-order chi connectivity index (χ0) is 11.8. The van der Waals surface area contributed by atoms with Crippen LogP contribution in [-0.4, -0.2) is 41.4 Å². The molecule has 1 heterocycles. The average Bonchev–Trinajstić information content (AvgIpc) is 2.29. The van der Waals surface area contributed by atoms with Crippen LogP contribution < -0.4 is 4.74 Å². The van der Waals surface area contributed by atoms with Crippen LogP contribution in [-0.2, 0) is 4.74 Å². The number of hydrogen-bond donors (Lipinski definition) is 1. The Hall–Kier alpha value is -1.73. The highest BCUT2D eigenvalue weighted by Crippen LogP contribution is 2.22. The van der Waals surface area contributed by atoms with E-state index in [1.807, 2.05) is 0 Å². The molecule has 1 N–H and O–H groups in total. The number of rotatable bonds is 7. The zero-order valence-electron chi connectivity index (χ0n) is 8.54. The molecule has 0 fully saturated rings. The Morgan fingerprint density at radius 1 is 1.44 bits per heavy atom. The molecule has 1 aromatic heterocycles. The fourth-order valence-electron chi connectivity index (χ4n) is 1.01. The second-order valence-electron chi connectivity index (χ2n) is 2.77. The molecule has 0 radical (unpaired) electrons. The number of aromatic nitrogens is 1. The van der Waals surface area contributed by atoms with E-state index in [0.29, 0.717) is 0 Å². The largest absolute Gasteiger partial charge is 0.483 e. The van der Waals surface area contributed by atoms with Crippen LogP contribution in [0.2, 0.25) is 0 Å². The quantitative estimate of drug-likeness (QED) is 0.411. The molecule has 0 amide bonds. The van der Waals surface area contributed by atoms with Crippen LogP contribution in [0.1, 0.15) is 0 Å². The lowest BCUT2D eigenvalue weighted by molar-refractivity contribution is -0.390. The molecular weight excluding hydrogens is 216 g/mol. The van der Waals surface area contributed by atoms with E-state index in [2.05, 4.69) is 4.98 Å². The van der Waals surface area contributed by atoms with E-state index < -0.39 is 4.92 Å². The van der Waals surface area contributed by atoms with Gasteiger partial charge in [0.25, 0.3) is 0 Å². The highest BCUT2D eigenvalue weighted by atomic mass is 16.6. The van der Waals surface area contributed by atoms with Crippen LogP contribution in [0.25, 0.3) is 0 Å². The number of nitrogens with zero attached hydrogens (tertiary/aromatic N) is 2. The van der Waals surface area contributed by atoms with Gasteiger partial charge in [0.15, 0.2) is 0 Å². The van der Waals surface area contributed by atoms with Crippen molar-refractivity contribution in [1.82, 2.24) is 4.98 Å². The summed E-state index contributed by atoms with van der Waals surface area (Å²) >= 11 is 0. The molecule has 0 unspecified atom stereocenters. The van der Waals surface area contributed by atoms with Crippen molar-refractivity contribution in [3.63, 3.8) is 0 Å². The van der Waals surface area contributed by atoms with Crippen molar-refractivity contribution in [3.8, 4) is 5.75 Å². The SMILES string of the molecule is O=[N+]([O-])c1ncccc1OCCOCCO. The van der Waals surface area contributed by atoms with E-state index in [1.54, 1.807) is 6.07 Å². The van der Waals surface area contributed by atoms with E-state index in [0.717, 1.165) is 0 Å². The van der Waals surface area contributed by atoms with Gasteiger partial charge in [0, 0.05) is 0 Å². The highest BCUT2D eigenvalue weighted by Gasteiger charge is 2.14. The monoisotopic (exact) mass is 228 g/mol. The first-order valence-electron chi connectivity index (χ1n) is 4.66. The Morgan fingerprint density at radius 2 is 2.25 bits per heavy atom. The Balaban J connectivity index is 2.44. The van der Waals surface area contributed by atoms with E-state index in [-0.39, 0.29) is 38.0 Å². The third-order valence-electron chi connectivity index (χ3n) is 1.64. The van der Waals surface area contributed by atoms with Gasteiger partial charge in [-0.1, -0.05) is 0 Å². The summed E-state index contributed by atoms with van der Waals surface area (Å²) in [6.45, 7) is 0.588. The number of nitro groups is 1. The molecule has 0 aliphatic rings. The van der Waals surface area contributed by atoms with Crippen molar-refractivity contribution in [3.05, 3.63) is 28.4 Å². The van der Waals surface area contributed by atoms with E-state index >= 15 is 0 Å². The minimum Gasteiger partial charge on any atom is -0.483 e. The van der Waals surface area contributed by atoms with Gasteiger partial charge in [-0.25, -0.2) is 0 Å². The summed E-state index contributed by atoms with van der Waals surface area (Å²) in [5.74, 6) is -0.204. The second-order valence-corrected chi connectivity index (χ2v) is 2.77. The third kappa shape index (κ3) is 3.79. The van der Waals surface area contributed by atoms with Crippen molar-refractivity contribution < 1.29 is 19.5 Å². The fraction of sp³-hybridized carbons (Fsp3) is 0.444. The number of ether oxygens (including phenoxy) is 2. The van der Waals surface area contributed by atoms with Gasteiger partial charge in [-0.2, -0.15) is 0 Å². The number of hydrogen-bond acceptors (Lipinski definition) is 6. The minimum absolute atomic E-state index is 0.0625. The molecule has 7 heteroatoms. The molecule has 0 saturated carbocycles. The van der Waals surface area contributed by atoms with E-state index in [9.17, 15) is 10.1 Å². The summed E-state index contributed by atoms with van der Waals surface area (Å²) in [5, 5.41) is 19.0. The highest BCUT2D eigenvalue weighted by molar-refractivity contribution is 5.38. The third-order valence-corrected chi connectivity index (χ3v) is 1.64. The molecule has 0 saturated heterocycles. The molecule has 16 heavy (non-hydrogen) atoms. The van der Waals surface area contributed by atoms with Gasteiger partial charge in [0.1, 0.15) is 12.8 Å². The van der Waals surface area contributed by atoms with Crippen LogP contribution in [0, 0.1) is 10.1 Å². The second kappa shape index (κ2) is 6.70. The molecule has 1 aromatic rings. The molecule has 0 aliphatic heterocycles. The minimum atomic E-state index is -0.607. The Bertz CT molecular complexity index is 344. The van der Waals surface area contributed by atoms with Crippen molar-refractivity contribution in [2.45, 2.75) is 0 Å². The molecule has 88 valence electrons. The van der Waals surface area contributed by atoms with Gasteiger partial charge in [-0.3, -0.25) is 0 Å². The molecule has 7 nitrogen and oxygen atoms in total. The number of aliphatic hydroxyl groups is 1. The summed E-state index contributed by atoms with van der Waals surface area (Å²) in [6.07, 6.45) is 1.33. The lowest BCUT2D eigenvalue weighted by Crippen LogP contribution is -2.10. The van der Waals surface area contributed by atoms with Gasteiger partial charge in [-0.15, -0.1) is 0 Å². The molecular formula is C9H12N2O5. The lowest BCUT2D eigenvalue weighted by atomic mass is 10.4. The van der Waals surface area contributed by atoms with Crippen LogP contribution >= 0.6 is 0 Å². The maximum absolute atomic E-state index is 10.6. The van der Waals surface area contributed by atoms with Crippen LogP contribution in [0.4, 0.5) is 5.82 Å². The molecule has 0 atom stereocenters. The number of pyridine rings is 1. The topological polar surface area (TPSA) is 94.7 Å². The van der Waals surface area contributed by atoms with Crippen molar-refractivity contribution >= 4 is 5.82 Å². The van der Waals surface area contributed by atoms with Gasteiger partial charge in [0.2, 0.25) is 5.75 Å². The molecule has 1 rings (SSSR count). The van der Waals surface area contributed by atoms with Crippen LogP contribution in [0.15, 0.2) is 18.3 Å². The number of aliphatic hydroxyl groups excluding tert-OH is 1. The first kappa shape index (κ1) is 12.3. The first-order valence-corrected chi connectivity index (χ1v) is 4.66. The molecule has 0 bridgehead atoms. The van der Waals surface area contributed by atoms with E-state index in [1.165, 1.54) is 12.3 Å². The predicted molar refractivity (Wildman–Crippen MR) is 54.3 cm³/mol. The Kier molecular flexibility index (Phi) is 5.17. The molecule has 0 aliphatic carbocycles. The normalized spacial score (nSPS) is 10.1. The van der Waals surface area contributed by atoms with Gasteiger partial charge in [0.05, 0.1) is 19.8 Å². The summed E-state index contributed by atoms with van der Waals surface area (Å²) in [6, 6.07) is 3.02. The maximum Gasteiger partial charge on any atom is 0.406 e. The fourth-order valence-corrected chi connectivity index (χ4v) is 1.01. The van der Waals surface area contributed by atoms with Gasteiger partial charge >= 0.3 is 5.82 Å². The van der Waals surface area contributed by atoms with Gasteiger partial charge < -0.3 is 24.7 Å². The first-order chi connectivity index (χ1) is 7.75. The van der Waals surface area contributed by atoms with Crippen LogP contribution in [0.5, 0.6) is 5.75 Å².